The first kappa shape index (κ1) is 21.2. The van der Waals surface area contributed by atoms with Crippen LogP contribution in [0.25, 0.3) is 0 Å². The van der Waals surface area contributed by atoms with Gasteiger partial charge in [0.1, 0.15) is 0 Å². The Labute approximate surface area is 154 Å². The van der Waals surface area contributed by atoms with Crippen molar-refractivity contribution < 1.29 is 36.1 Å². The third-order valence-corrected chi connectivity index (χ3v) is 6.08. The lowest BCUT2D eigenvalue weighted by Crippen LogP contribution is -3.11. The summed E-state index contributed by atoms with van der Waals surface area (Å²) in [5, 5.41) is 4.79. The number of quaternary nitrogens is 1. The molecule has 0 spiro atoms. The topological polar surface area (TPSA) is 96.8 Å². The van der Waals surface area contributed by atoms with Crippen molar-refractivity contribution in [2.45, 2.75) is 18.9 Å². The van der Waals surface area contributed by atoms with Crippen LogP contribution >= 0.6 is 0 Å². The van der Waals surface area contributed by atoms with Gasteiger partial charge in [-0.3, -0.25) is 9.59 Å². The SMILES string of the molecule is C[NH+](CC(=O)Nc1ccc(F)c(F)c1F)CC(=O)N[C@]1(C)CCS(=O)(=O)C1. The second kappa shape index (κ2) is 7.85. The minimum absolute atomic E-state index is 0.00861. The van der Waals surface area contributed by atoms with Gasteiger partial charge in [0.15, 0.2) is 40.4 Å². The number of anilines is 1. The average Bonchev–Trinajstić information content (AvgIpc) is 2.80. The van der Waals surface area contributed by atoms with E-state index >= 15 is 0 Å². The molecule has 1 aromatic carbocycles. The van der Waals surface area contributed by atoms with Crippen LogP contribution in [0.15, 0.2) is 12.1 Å². The molecule has 1 unspecified atom stereocenters. The van der Waals surface area contributed by atoms with Gasteiger partial charge in [-0.2, -0.15) is 0 Å². The average molecular weight is 408 g/mol. The summed E-state index contributed by atoms with van der Waals surface area (Å²) in [5.41, 5.74) is -1.34. The zero-order valence-electron chi connectivity index (χ0n) is 14.9. The number of carbonyl (C=O) groups is 2. The number of rotatable bonds is 6. The van der Waals surface area contributed by atoms with Crippen molar-refractivity contribution >= 4 is 27.3 Å². The molecule has 1 aliphatic heterocycles. The smallest absolute Gasteiger partial charge is 0.279 e. The summed E-state index contributed by atoms with van der Waals surface area (Å²) in [4.78, 5) is 24.5. The number of nitrogens with one attached hydrogen (secondary N) is 3. The highest BCUT2D eigenvalue weighted by atomic mass is 32.2. The fourth-order valence-electron chi connectivity index (χ4n) is 2.92. The van der Waals surface area contributed by atoms with Crippen molar-refractivity contribution in [2.75, 3.05) is 37.0 Å². The molecule has 0 saturated carbocycles. The largest absolute Gasteiger partial charge is 0.345 e. The van der Waals surface area contributed by atoms with Gasteiger partial charge >= 0.3 is 0 Å². The molecule has 1 fully saturated rings. The van der Waals surface area contributed by atoms with Crippen molar-refractivity contribution in [3.63, 3.8) is 0 Å². The Morgan fingerprint density at radius 2 is 1.78 bits per heavy atom. The molecule has 27 heavy (non-hydrogen) atoms. The molecule has 1 aromatic rings. The molecule has 1 aliphatic rings. The number of benzene rings is 1. The maximum absolute atomic E-state index is 13.6. The Morgan fingerprint density at radius 1 is 1.15 bits per heavy atom. The molecule has 0 bridgehead atoms. The number of hydrogen-bond acceptors (Lipinski definition) is 4. The zero-order valence-corrected chi connectivity index (χ0v) is 15.7. The number of sulfone groups is 1. The van der Waals surface area contributed by atoms with Gasteiger partial charge in [0, 0.05) is 0 Å². The molecule has 150 valence electrons. The van der Waals surface area contributed by atoms with Gasteiger partial charge in [0.05, 0.1) is 29.8 Å². The molecule has 1 heterocycles. The van der Waals surface area contributed by atoms with Gasteiger partial charge in [-0.1, -0.05) is 0 Å². The zero-order chi connectivity index (χ0) is 20.4. The van der Waals surface area contributed by atoms with E-state index in [0.29, 0.717) is 17.4 Å². The molecular weight excluding hydrogens is 387 g/mol. The molecule has 3 N–H and O–H groups in total. The lowest BCUT2D eigenvalue weighted by molar-refractivity contribution is -0.862. The second-order valence-electron chi connectivity index (χ2n) is 7.03. The minimum atomic E-state index is -3.17. The van der Waals surface area contributed by atoms with Gasteiger partial charge in [0.2, 0.25) is 0 Å². The van der Waals surface area contributed by atoms with Crippen LogP contribution in [0.4, 0.5) is 18.9 Å². The standard InChI is InChI=1S/C16H20F3N3O4S/c1-16(5-6-27(25,26)9-16)21-13(24)8-22(2)7-12(23)20-11-4-3-10(17)14(18)15(11)19/h3-4H,5-9H2,1-2H3,(H,20,23)(H,21,24)/p+1/t16-/m1/s1. The van der Waals surface area contributed by atoms with Crippen molar-refractivity contribution in [3.8, 4) is 0 Å². The summed E-state index contributed by atoms with van der Waals surface area (Å²) in [6.07, 6.45) is 0.315. The molecule has 2 rings (SSSR count). The highest BCUT2D eigenvalue weighted by molar-refractivity contribution is 7.91. The van der Waals surface area contributed by atoms with Crippen LogP contribution in [0.3, 0.4) is 0 Å². The first-order valence-electron chi connectivity index (χ1n) is 8.17. The van der Waals surface area contributed by atoms with E-state index in [9.17, 15) is 31.2 Å². The third kappa shape index (κ3) is 5.67. The lowest BCUT2D eigenvalue weighted by Gasteiger charge is -2.24. The highest BCUT2D eigenvalue weighted by Crippen LogP contribution is 2.22. The summed E-state index contributed by atoms with van der Waals surface area (Å²) in [7, 11) is -1.63. The lowest BCUT2D eigenvalue weighted by atomic mass is 10.0. The Morgan fingerprint density at radius 3 is 2.37 bits per heavy atom. The van der Waals surface area contributed by atoms with E-state index in [-0.39, 0.29) is 24.6 Å². The predicted octanol–water partition coefficient (Wildman–Crippen LogP) is -0.749. The normalized spacial score (nSPS) is 22.3. The Kier molecular flexibility index (Phi) is 6.15. The summed E-state index contributed by atoms with van der Waals surface area (Å²) in [5.74, 6) is -5.82. The summed E-state index contributed by atoms with van der Waals surface area (Å²) in [6, 6.07) is 1.59. The molecular formula is C16H21F3N3O4S+. The van der Waals surface area contributed by atoms with E-state index in [4.69, 9.17) is 0 Å². The number of hydrogen-bond donors (Lipinski definition) is 3. The third-order valence-electron chi connectivity index (χ3n) is 4.18. The molecule has 2 amide bonds. The number of likely N-dealkylation sites (N-methyl/N-ethyl adjacent to an activating group) is 1. The van der Waals surface area contributed by atoms with Crippen LogP contribution in [0.1, 0.15) is 13.3 Å². The van der Waals surface area contributed by atoms with E-state index in [0.717, 1.165) is 6.07 Å². The molecule has 0 radical (unpaired) electrons. The van der Waals surface area contributed by atoms with E-state index in [1.807, 2.05) is 0 Å². The number of halogens is 3. The minimum Gasteiger partial charge on any atom is -0.345 e. The van der Waals surface area contributed by atoms with Gasteiger partial charge < -0.3 is 15.5 Å². The first-order valence-corrected chi connectivity index (χ1v) is 9.99. The van der Waals surface area contributed by atoms with Crippen molar-refractivity contribution in [3.05, 3.63) is 29.6 Å². The number of amides is 2. The summed E-state index contributed by atoms with van der Waals surface area (Å²) < 4.78 is 62.7. The fraction of sp³-hybridized carbons (Fsp3) is 0.500. The van der Waals surface area contributed by atoms with Crippen LogP contribution in [0.5, 0.6) is 0 Å². The predicted molar refractivity (Wildman–Crippen MR) is 91.4 cm³/mol. The quantitative estimate of drug-likeness (QED) is 0.540. The van der Waals surface area contributed by atoms with Crippen LogP contribution in [-0.2, 0) is 19.4 Å². The van der Waals surface area contributed by atoms with E-state index in [2.05, 4.69) is 10.6 Å². The monoisotopic (exact) mass is 408 g/mol. The summed E-state index contributed by atoms with van der Waals surface area (Å²) >= 11 is 0. The fourth-order valence-corrected chi connectivity index (χ4v) is 5.01. The second-order valence-corrected chi connectivity index (χ2v) is 9.22. The summed E-state index contributed by atoms with van der Waals surface area (Å²) in [6.45, 7) is 1.29. The Hall–Kier alpha value is -2.14. The first-order chi connectivity index (χ1) is 12.4. The van der Waals surface area contributed by atoms with Crippen LogP contribution in [-0.4, -0.2) is 57.4 Å². The van der Waals surface area contributed by atoms with Crippen molar-refractivity contribution in [1.29, 1.82) is 0 Å². The molecule has 0 aliphatic carbocycles. The number of carbonyl (C=O) groups excluding carboxylic acids is 2. The van der Waals surface area contributed by atoms with E-state index < -0.39 is 50.3 Å². The van der Waals surface area contributed by atoms with Gasteiger partial charge in [-0.05, 0) is 25.5 Å². The van der Waals surface area contributed by atoms with Crippen molar-refractivity contribution in [2.24, 2.45) is 0 Å². The molecule has 1 saturated heterocycles. The van der Waals surface area contributed by atoms with Gasteiger partial charge in [0.25, 0.3) is 11.8 Å². The maximum Gasteiger partial charge on any atom is 0.279 e. The highest BCUT2D eigenvalue weighted by Gasteiger charge is 2.39. The van der Waals surface area contributed by atoms with Crippen LogP contribution < -0.4 is 15.5 Å². The van der Waals surface area contributed by atoms with Crippen molar-refractivity contribution in [1.82, 2.24) is 5.32 Å². The van der Waals surface area contributed by atoms with Crippen LogP contribution in [0.2, 0.25) is 0 Å². The van der Waals surface area contributed by atoms with Crippen LogP contribution in [0, 0.1) is 17.5 Å². The van der Waals surface area contributed by atoms with Gasteiger partial charge in [-0.15, -0.1) is 0 Å². The maximum atomic E-state index is 13.6. The van der Waals surface area contributed by atoms with E-state index in [1.165, 1.54) is 7.05 Å². The van der Waals surface area contributed by atoms with Gasteiger partial charge in [-0.25, -0.2) is 21.6 Å². The Balaban J connectivity index is 1.86. The molecule has 11 heteroatoms. The Bertz CT molecular complexity index is 863. The molecule has 0 aromatic heterocycles. The molecule has 7 nitrogen and oxygen atoms in total. The van der Waals surface area contributed by atoms with E-state index in [1.54, 1.807) is 6.92 Å². The molecule has 2 atom stereocenters.